The number of carbonyl (C=O) groups excluding carboxylic acids is 1. The van der Waals surface area contributed by atoms with Crippen molar-refractivity contribution in [1.29, 1.82) is 0 Å². The molecule has 0 aliphatic rings. The van der Waals surface area contributed by atoms with E-state index in [1.165, 1.54) is 11.3 Å². The van der Waals surface area contributed by atoms with Gasteiger partial charge in [-0.2, -0.15) is 0 Å². The highest BCUT2D eigenvalue weighted by atomic mass is 32.1. The number of carbonyl (C=O) groups is 2. The number of nitrogens with one attached hydrogen (secondary N) is 1. The van der Waals surface area contributed by atoms with Gasteiger partial charge in [0.1, 0.15) is 17.0 Å². The molecule has 2 N–H and O–H groups in total. The average Bonchev–Trinajstić information content (AvgIpc) is 3.38. The van der Waals surface area contributed by atoms with Gasteiger partial charge >= 0.3 is 5.97 Å². The van der Waals surface area contributed by atoms with E-state index in [4.69, 9.17) is 9.26 Å². The number of fused-ring (bicyclic) bond motifs is 1. The number of para-hydroxylation sites is 1. The number of carboxylic acid groups (broad SMARTS) is 1. The maximum atomic E-state index is 12.6. The van der Waals surface area contributed by atoms with Gasteiger partial charge in [-0.3, -0.25) is 4.79 Å². The van der Waals surface area contributed by atoms with Gasteiger partial charge in [0.05, 0.1) is 23.4 Å². The molecule has 1 amide bonds. The summed E-state index contributed by atoms with van der Waals surface area (Å²) in [6.45, 7) is 1.63. The van der Waals surface area contributed by atoms with Crippen LogP contribution in [0.3, 0.4) is 0 Å². The highest BCUT2D eigenvalue weighted by Crippen LogP contribution is 2.31. The Labute approximate surface area is 175 Å². The Morgan fingerprint density at radius 1 is 1.17 bits per heavy atom. The monoisotopic (exact) mass is 423 g/mol. The minimum Gasteiger partial charge on any atom is -0.497 e. The Kier molecular flexibility index (Phi) is 5.20. The van der Waals surface area contributed by atoms with Crippen molar-refractivity contribution in [2.24, 2.45) is 0 Å². The van der Waals surface area contributed by atoms with E-state index in [1.54, 1.807) is 38.3 Å². The van der Waals surface area contributed by atoms with Crippen LogP contribution in [0.5, 0.6) is 5.75 Å². The minimum atomic E-state index is -1.20. The fourth-order valence-corrected chi connectivity index (χ4v) is 3.91. The topological polar surface area (TPSA) is 115 Å². The summed E-state index contributed by atoms with van der Waals surface area (Å²) in [7, 11) is 1.54. The van der Waals surface area contributed by atoms with E-state index < -0.39 is 17.9 Å². The lowest BCUT2D eigenvalue weighted by molar-refractivity contribution is 0.0692. The maximum Gasteiger partial charge on any atom is 0.341 e. The molecule has 152 valence electrons. The third-order valence-corrected chi connectivity index (χ3v) is 5.56. The van der Waals surface area contributed by atoms with E-state index in [-0.39, 0.29) is 22.0 Å². The number of ether oxygens (including phenoxy) is 1. The van der Waals surface area contributed by atoms with Crippen LogP contribution in [0.25, 0.3) is 21.5 Å². The van der Waals surface area contributed by atoms with E-state index in [0.717, 1.165) is 10.2 Å². The quantitative estimate of drug-likeness (QED) is 0.479. The van der Waals surface area contributed by atoms with Crippen LogP contribution in [-0.2, 0) is 0 Å². The Balaban J connectivity index is 1.61. The van der Waals surface area contributed by atoms with Gasteiger partial charge in [-0.05, 0) is 43.3 Å². The number of hydrogen-bond donors (Lipinski definition) is 2. The molecule has 0 radical (unpaired) electrons. The molecular weight excluding hydrogens is 406 g/mol. The maximum absolute atomic E-state index is 12.6. The molecule has 0 fully saturated rings. The Morgan fingerprint density at radius 2 is 1.90 bits per heavy atom. The standard InChI is InChI=1S/C21H17N3O5S/c1-11(22-19(25)20-23-14-5-3-4-6-15(14)30-20)18-16(21(26)27)17(24-29-18)12-7-9-13(28-2)10-8-12/h3-11H,1-2H3,(H,22,25)(H,26,27)/t11-/m1/s1. The van der Waals surface area contributed by atoms with Gasteiger partial charge in [0, 0.05) is 5.56 Å². The SMILES string of the molecule is COc1ccc(-c2noc([C@@H](C)NC(=O)c3nc4ccccc4s3)c2C(=O)O)cc1. The molecule has 8 nitrogen and oxygen atoms in total. The third kappa shape index (κ3) is 3.62. The van der Waals surface area contributed by atoms with Crippen molar-refractivity contribution in [2.45, 2.75) is 13.0 Å². The van der Waals surface area contributed by atoms with Crippen LogP contribution in [0.4, 0.5) is 0 Å². The Morgan fingerprint density at radius 3 is 2.57 bits per heavy atom. The molecule has 2 aromatic carbocycles. The predicted molar refractivity (Wildman–Crippen MR) is 111 cm³/mol. The fourth-order valence-electron chi connectivity index (χ4n) is 3.04. The molecule has 2 heterocycles. The molecule has 4 aromatic rings. The predicted octanol–water partition coefficient (Wildman–Crippen LogP) is 4.15. The summed E-state index contributed by atoms with van der Waals surface area (Å²) in [5.41, 5.74) is 1.37. The van der Waals surface area contributed by atoms with Crippen molar-refractivity contribution in [3.05, 3.63) is 64.9 Å². The fraction of sp³-hybridized carbons (Fsp3) is 0.143. The molecule has 9 heteroatoms. The number of methoxy groups -OCH3 is 1. The molecular formula is C21H17N3O5S. The van der Waals surface area contributed by atoms with Crippen molar-refractivity contribution in [1.82, 2.24) is 15.5 Å². The van der Waals surface area contributed by atoms with Crippen LogP contribution in [0, 0.1) is 0 Å². The highest BCUT2D eigenvalue weighted by Gasteiger charge is 2.28. The number of nitrogens with zero attached hydrogens (tertiary/aromatic N) is 2. The first-order valence-corrected chi connectivity index (χ1v) is 9.83. The van der Waals surface area contributed by atoms with Gasteiger partial charge < -0.3 is 19.7 Å². The van der Waals surface area contributed by atoms with Crippen LogP contribution >= 0.6 is 11.3 Å². The molecule has 0 aliphatic heterocycles. The second kappa shape index (κ2) is 7.96. The second-order valence-corrected chi connectivity index (χ2v) is 7.52. The summed E-state index contributed by atoms with van der Waals surface area (Å²) in [6.07, 6.45) is 0. The second-order valence-electron chi connectivity index (χ2n) is 6.49. The average molecular weight is 423 g/mol. The lowest BCUT2D eigenvalue weighted by Crippen LogP contribution is -2.27. The Bertz CT molecular complexity index is 1200. The molecule has 0 saturated carbocycles. The zero-order valence-electron chi connectivity index (χ0n) is 16.1. The first kappa shape index (κ1) is 19.6. The number of hydrogen-bond acceptors (Lipinski definition) is 7. The first-order chi connectivity index (χ1) is 14.5. The zero-order chi connectivity index (χ0) is 21.3. The van der Waals surface area contributed by atoms with Crippen molar-refractivity contribution >= 4 is 33.4 Å². The van der Waals surface area contributed by atoms with Crippen LogP contribution in [0.2, 0.25) is 0 Å². The molecule has 2 aromatic heterocycles. The summed E-state index contributed by atoms with van der Waals surface area (Å²) in [5, 5.41) is 16.7. The van der Waals surface area contributed by atoms with Crippen molar-refractivity contribution in [3.63, 3.8) is 0 Å². The van der Waals surface area contributed by atoms with Crippen LogP contribution in [0.15, 0.2) is 53.1 Å². The number of thiazole rings is 1. The molecule has 0 aliphatic carbocycles. The van der Waals surface area contributed by atoms with Gasteiger partial charge in [0.15, 0.2) is 10.8 Å². The third-order valence-electron chi connectivity index (χ3n) is 4.52. The summed E-state index contributed by atoms with van der Waals surface area (Å²) < 4.78 is 11.3. The van der Waals surface area contributed by atoms with E-state index in [9.17, 15) is 14.7 Å². The summed E-state index contributed by atoms with van der Waals surface area (Å²) >= 11 is 1.26. The van der Waals surface area contributed by atoms with Gasteiger partial charge in [-0.1, -0.05) is 17.3 Å². The summed E-state index contributed by atoms with van der Waals surface area (Å²) in [4.78, 5) is 28.9. The van der Waals surface area contributed by atoms with E-state index in [0.29, 0.717) is 11.3 Å². The molecule has 4 rings (SSSR count). The number of aromatic nitrogens is 2. The van der Waals surface area contributed by atoms with Gasteiger partial charge in [0.2, 0.25) is 0 Å². The van der Waals surface area contributed by atoms with Gasteiger partial charge in [-0.25, -0.2) is 9.78 Å². The molecule has 0 unspecified atom stereocenters. The minimum absolute atomic E-state index is 0.0581. The van der Waals surface area contributed by atoms with Crippen molar-refractivity contribution in [2.75, 3.05) is 7.11 Å². The molecule has 1 atom stereocenters. The van der Waals surface area contributed by atoms with E-state index in [2.05, 4.69) is 15.5 Å². The number of rotatable bonds is 6. The van der Waals surface area contributed by atoms with Crippen LogP contribution in [0.1, 0.15) is 38.9 Å². The van der Waals surface area contributed by atoms with Gasteiger partial charge in [-0.15, -0.1) is 11.3 Å². The normalized spacial score (nSPS) is 11.9. The molecule has 0 bridgehead atoms. The number of carboxylic acids is 1. The highest BCUT2D eigenvalue weighted by molar-refractivity contribution is 7.20. The van der Waals surface area contributed by atoms with E-state index in [1.807, 2.05) is 24.3 Å². The largest absolute Gasteiger partial charge is 0.497 e. The van der Waals surface area contributed by atoms with Crippen LogP contribution < -0.4 is 10.1 Å². The van der Waals surface area contributed by atoms with Crippen LogP contribution in [-0.4, -0.2) is 34.2 Å². The van der Waals surface area contributed by atoms with Crippen molar-refractivity contribution in [3.8, 4) is 17.0 Å². The smallest absolute Gasteiger partial charge is 0.341 e. The van der Waals surface area contributed by atoms with Crippen molar-refractivity contribution < 1.29 is 24.0 Å². The summed E-state index contributed by atoms with van der Waals surface area (Å²) in [6, 6.07) is 13.5. The number of benzene rings is 2. The molecule has 0 spiro atoms. The first-order valence-electron chi connectivity index (χ1n) is 9.01. The zero-order valence-corrected chi connectivity index (χ0v) is 16.9. The van der Waals surface area contributed by atoms with Gasteiger partial charge in [0.25, 0.3) is 5.91 Å². The molecule has 30 heavy (non-hydrogen) atoms. The lowest BCUT2D eigenvalue weighted by Gasteiger charge is -2.10. The van der Waals surface area contributed by atoms with E-state index >= 15 is 0 Å². The molecule has 0 saturated heterocycles. The number of amides is 1. The number of aromatic carboxylic acids is 1. The lowest BCUT2D eigenvalue weighted by atomic mass is 10.0. The Hall–Kier alpha value is -3.72. The summed E-state index contributed by atoms with van der Waals surface area (Å²) in [5.74, 6) is -0.917.